The van der Waals surface area contributed by atoms with Crippen molar-refractivity contribution in [1.82, 2.24) is 29.1 Å². The van der Waals surface area contributed by atoms with Gasteiger partial charge in [-0.3, -0.25) is 14.1 Å². The van der Waals surface area contributed by atoms with Crippen molar-refractivity contribution in [1.29, 1.82) is 0 Å². The van der Waals surface area contributed by atoms with Gasteiger partial charge in [-0.1, -0.05) is 24.3 Å². The van der Waals surface area contributed by atoms with Crippen molar-refractivity contribution < 1.29 is 0 Å². The summed E-state index contributed by atoms with van der Waals surface area (Å²) in [6.45, 7) is 0. The van der Waals surface area contributed by atoms with Gasteiger partial charge in [0.15, 0.2) is 0 Å². The number of benzene rings is 2. The highest BCUT2D eigenvalue weighted by atomic mass is 15.1. The fraction of sp³-hybridized carbons (Fsp3) is 0.0588. The maximum atomic E-state index is 4.74. The Hall–Kier alpha value is -5.36. The number of hydrogen-bond donors (Lipinski definition) is 0. The average molecular weight is 517 g/mol. The second kappa shape index (κ2) is 9.13. The van der Waals surface area contributed by atoms with Gasteiger partial charge in [0.05, 0.1) is 22.1 Å². The summed E-state index contributed by atoms with van der Waals surface area (Å²) in [5.74, 6) is 1.77. The molecule has 40 heavy (non-hydrogen) atoms. The normalized spacial score (nSPS) is 11.7. The van der Waals surface area contributed by atoms with Crippen molar-refractivity contribution in [2.45, 2.75) is 12.8 Å². The molecule has 0 spiro atoms. The van der Waals surface area contributed by atoms with Crippen LogP contribution in [0.2, 0.25) is 0 Å². The molecule has 0 saturated carbocycles. The van der Waals surface area contributed by atoms with Crippen LogP contribution in [0.4, 0.5) is 0 Å². The van der Waals surface area contributed by atoms with Gasteiger partial charge in [0.1, 0.15) is 17.3 Å². The Bertz CT molecular complexity index is 2000. The van der Waals surface area contributed by atoms with Gasteiger partial charge in [-0.15, -0.1) is 0 Å². The Labute approximate surface area is 230 Å². The van der Waals surface area contributed by atoms with Gasteiger partial charge in [-0.2, -0.15) is 0 Å². The number of rotatable bonds is 5. The van der Waals surface area contributed by atoms with Gasteiger partial charge in [0, 0.05) is 40.9 Å². The van der Waals surface area contributed by atoms with E-state index < -0.39 is 0 Å². The van der Waals surface area contributed by atoms with Crippen LogP contribution < -0.4 is 0 Å². The molecule has 0 aliphatic carbocycles. The Morgan fingerprint density at radius 1 is 0.450 bits per heavy atom. The number of nitrogens with zero attached hydrogens (tertiary/aromatic N) is 6. The standard InChI is InChI=1S/C34H24N6/c1-3-17-35-31(9-1)39-29-16-14-24(22-27(29)33-30(39)8-6-19-37-33)12-11-23-13-15-28-26(21-23)25-7-5-20-38-34(25)40(28)32-10-2-4-18-36-32/h1-10,13-22H,11-12H2. The molecule has 0 radical (unpaired) electrons. The highest BCUT2D eigenvalue weighted by Gasteiger charge is 2.16. The summed E-state index contributed by atoms with van der Waals surface area (Å²) in [4.78, 5) is 18.7. The molecule has 2 aromatic carbocycles. The van der Waals surface area contributed by atoms with E-state index in [1.54, 1.807) is 0 Å². The number of hydrogen-bond acceptors (Lipinski definition) is 4. The van der Waals surface area contributed by atoms with Crippen molar-refractivity contribution in [2.75, 3.05) is 0 Å². The van der Waals surface area contributed by atoms with Crippen LogP contribution in [-0.4, -0.2) is 29.1 Å². The van der Waals surface area contributed by atoms with E-state index in [9.17, 15) is 0 Å². The van der Waals surface area contributed by atoms with Crippen LogP contribution >= 0.6 is 0 Å². The molecule has 0 bridgehead atoms. The summed E-state index contributed by atoms with van der Waals surface area (Å²) in [6, 6.07) is 33.7. The zero-order valence-corrected chi connectivity index (χ0v) is 21.6. The third kappa shape index (κ3) is 3.57. The smallest absolute Gasteiger partial charge is 0.146 e. The highest BCUT2D eigenvalue weighted by Crippen LogP contribution is 2.33. The van der Waals surface area contributed by atoms with Gasteiger partial charge in [-0.05, 0) is 96.8 Å². The molecular formula is C34H24N6. The minimum atomic E-state index is 0.876. The lowest BCUT2D eigenvalue weighted by atomic mass is 10.0. The van der Waals surface area contributed by atoms with E-state index in [1.165, 1.54) is 16.5 Å². The number of fused-ring (bicyclic) bond motifs is 6. The van der Waals surface area contributed by atoms with E-state index in [2.05, 4.69) is 67.6 Å². The first-order valence-corrected chi connectivity index (χ1v) is 13.4. The predicted octanol–water partition coefficient (Wildman–Crippen LogP) is 7.25. The molecule has 0 N–H and O–H groups in total. The van der Waals surface area contributed by atoms with Crippen LogP contribution in [0.25, 0.3) is 55.5 Å². The van der Waals surface area contributed by atoms with Crippen LogP contribution in [-0.2, 0) is 12.8 Å². The Morgan fingerprint density at radius 2 is 1.07 bits per heavy atom. The fourth-order valence-electron chi connectivity index (χ4n) is 5.83. The average Bonchev–Trinajstić information content (AvgIpc) is 3.53. The lowest BCUT2D eigenvalue weighted by molar-refractivity contribution is 0.963. The van der Waals surface area contributed by atoms with Gasteiger partial charge in [-0.25, -0.2) is 15.0 Å². The molecule has 6 heteroatoms. The Kier molecular flexibility index (Phi) is 5.16. The highest BCUT2D eigenvalue weighted by molar-refractivity contribution is 6.08. The molecule has 190 valence electrons. The van der Waals surface area contributed by atoms with Crippen molar-refractivity contribution in [3.63, 3.8) is 0 Å². The minimum Gasteiger partial charge on any atom is -0.292 e. The lowest BCUT2D eigenvalue weighted by Gasteiger charge is -2.07. The van der Waals surface area contributed by atoms with E-state index >= 15 is 0 Å². The lowest BCUT2D eigenvalue weighted by Crippen LogP contribution is -1.98. The number of pyridine rings is 4. The van der Waals surface area contributed by atoms with Gasteiger partial charge in [0.2, 0.25) is 0 Å². The minimum absolute atomic E-state index is 0.876. The summed E-state index contributed by atoms with van der Waals surface area (Å²) in [5.41, 5.74) is 7.81. The van der Waals surface area contributed by atoms with Gasteiger partial charge in [0.25, 0.3) is 0 Å². The first kappa shape index (κ1) is 22.6. The third-order valence-corrected chi connectivity index (χ3v) is 7.63. The molecule has 6 heterocycles. The van der Waals surface area contributed by atoms with Gasteiger partial charge >= 0.3 is 0 Å². The number of aryl methyl sites for hydroxylation is 2. The van der Waals surface area contributed by atoms with E-state index in [0.717, 1.165) is 63.0 Å². The fourth-order valence-corrected chi connectivity index (χ4v) is 5.83. The molecule has 0 fully saturated rings. The van der Waals surface area contributed by atoms with Crippen LogP contribution in [0, 0.1) is 0 Å². The molecule has 0 saturated heterocycles. The summed E-state index contributed by atoms with van der Waals surface area (Å²) in [7, 11) is 0. The molecule has 0 aliphatic rings. The van der Waals surface area contributed by atoms with Crippen molar-refractivity contribution in [2.24, 2.45) is 0 Å². The molecule has 8 rings (SSSR count). The zero-order chi connectivity index (χ0) is 26.5. The van der Waals surface area contributed by atoms with E-state index in [4.69, 9.17) is 9.97 Å². The largest absolute Gasteiger partial charge is 0.292 e. The van der Waals surface area contributed by atoms with Gasteiger partial charge < -0.3 is 0 Å². The van der Waals surface area contributed by atoms with Crippen molar-refractivity contribution >= 4 is 43.9 Å². The summed E-state index contributed by atoms with van der Waals surface area (Å²) < 4.78 is 4.34. The Morgan fingerprint density at radius 3 is 1.80 bits per heavy atom. The molecular weight excluding hydrogens is 492 g/mol. The Balaban J connectivity index is 1.17. The SMILES string of the molecule is c1ccc(-n2c3ccc(CCc4ccc5c(c4)c4cccnc4n5-c4ccccn4)cc3c3ncccc32)nc1. The molecule has 0 amide bonds. The monoisotopic (exact) mass is 516 g/mol. The van der Waals surface area contributed by atoms with E-state index in [-0.39, 0.29) is 0 Å². The molecule has 0 unspecified atom stereocenters. The molecule has 6 nitrogen and oxygen atoms in total. The second-order valence-electron chi connectivity index (χ2n) is 10.00. The van der Waals surface area contributed by atoms with Crippen molar-refractivity contribution in [3.8, 4) is 11.6 Å². The van der Waals surface area contributed by atoms with E-state index in [1.807, 2.05) is 73.3 Å². The molecule has 8 aromatic rings. The zero-order valence-electron chi connectivity index (χ0n) is 21.6. The molecule has 0 aliphatic heterocycles. The third-order valence-electron chi connectivity index (χ3n) is 7.63. The predicted molar refractivity (Wildman–Crippen MR) is 160 cm³/mol. The van der Waals surface area contributed by atoms with Crippen LogP contribution in [0.15, 0.2) is 122 Å². The van der Waals surface area contributed by atoms with E-state index in [0.29, 0.717) is 0 Å². The van der Waals surface area contributed by atoms with Crippen LogP contribution in [0.5, 0.6) is 0 Å². The summed E-state index contributed by atoms with van der Waals surface area (Å²) in [5, 5.41) is 3.49. The number of aromatic nitrogens is 6. The quantitative estimate of drug-likeness (QED) is 0.242. The first-order chi connectivity index (χ1) is 19.8. The maximum absolute atomic E-state index is 4.74. The maximum Gasteiger partial charge on any atom is 0.146 e. The molecule has 0 atom stereocenters. The summed E-state index contributed by atoms with van der Waals surface area (Å²) >= 11 is 0. The topological polar surface area (TPSA) is 61.4 Å². The van der Waals surface area contributed by atoms with Crippen molar-refractivity contribution in [3.05, 3.63) is 133 Å². The molecule has 6 aromatic heterocycles. The summed E-state index contributed by atoms with van der Waals surface area (Å²) in [6.07, 6.45) is 9.23. The second-order valence-corrected chi connectivity index (χ2v) is 10.00. The first-order valence-electron chi connectivity index (χ1n) is 13.4. The van der Waals surface area contributed by atoms with Crippen LogP contribution in [0.1, 0.15) is 11.1 Å². The van der Waals surface area contributed by atoms with Crippen LogP contribution in [0.3, 0.4) is 0 Å².